The average Bonchev–Trinajstić information content (AvgIpc) is 3.48. The molecule has 0 heterocycles. The average molecular weight is 920 g/mol. The SMILES string of the molecule is CCN(CC)C(=S)[S][Hg].CCN(CC)C(=S)[S][Hg].[Mo].[c-]1[c-][c-][cH-][c-]1.c1cc[cH-]c1. The molecule has 2 nitrogen and oxygen atoms in total. The second kappa shape index (κ2) is 27.8. The fraction of sp³-hybridized carbons (Fsp3) is 0.400. The van der Waals surface area contributed by atoms with Crippen molar-refractivity contribution < 1.29 is 70.3 Å². The number of thiocarbonyl (C=S) groups is 2. The van der Waals surface area contributed by atoms with E-state index in [1.165, 1.54) is 0 Å². The van der Waals surface area contributed by atoms with Crippen molar-refractivity contribution in [1.29, 1.82) is 0 Å². The quantitative estimate of drug-likeness (QED) is 0.222. The number of hydrogen-bond donors (Lipinski definition) is 0. The normalized spacial score (nSPS) is 8.55. The predicted molar refractivity (Wildman–Crippen MR) is 126 cm³/mol. The van der Waals surface area contributed by atoms with Gasteiger partial charge in [-0.25, -0.2) is 12.1 Å². The van der Waals surface area contributed by atoms with Crippen molar-refractivity contribution in [3.63, 3.8) is 0 Å². The molecule has 29 heavy (non-hydrogen) atoms. The van der Waals surface area contributed by atoms with Gasteiger partial charge in [-0.3, -0.25) is 0 Å². The Hall–Kier alpha value is 1.74. The Balaban J connectivity index is -0.000000316. The van der Waals surface area contributed by atoms with Crippen molar-refractivity contribution in [3.8, 4) is 0 Å². The van der Waals surface area contributed by atoms with Gasteiger partial charge in [0.2, 0.25) is 0 Å². The van der Waals surface area contributed by atoms with E-state index >= 15 is 0 Å². The molecule has 2 rings (SSSR count). The van der Waals surface area contributed by atoms with E-state index < -0.39 is 0 Å². The second-order valence-electron chi connectivity index (χ2n) is 4.81. The third kappa shape index (κ3) is 22.7. The van der Waals surface area contributed by atoms with Crippen LogP contribution in [0.5, 0.6) is 0 Å². The van der Waals surface area contributed by atoms with Gasteiger partial charge in [-0.2, -0.15) is 18.2 Å². The van der Waals surface area contributed by atoms with Crippen LogP contribution in [0.15, 0.2) is 36.4 Å². The van der Waals surface area contributed by atoms with Crippen LogP contribution in [0.2, 0.25) is 0 Å². The Morgan fingerprint density at radius 1 is 0.828 bits per heavy atom. The third-order valence-electron chi connectivity index (χ3n) is 3.20. The molecule has 0 amide bonds. The van der Waals surface area contributed by atoms with Gasteiger partial charge in [-0.15, -0.1) is 0 Å². The molecular formula is C20H26Hg2MoN2S4-6. The molecule has 0 aliphatic heterocycles. The van der Waals surface area contributed by atoms with Gasteiger partial charge in [0.1, 0.15) is 0 Å². The van der Waals surface area contributed by atoms with Gasteiger partial charge < -0.3 is 30.3 Å². The molecule has 0 unspecified atom stereocenters. The van der Waals surface area contributed by atoms with E-state index in [1.54, 1.807) is 6.07 Å². The Bertz CT molecular complexity index is 462. The van der Waals surface area contributed by atoms with Crippen LogP contribution in [0.25, 0.3) is 0 Å². The minimum Gasteiger partial charge on any atom is -0.999 e. The monoisotopic (exact) mass is 924 g/mol. The van der Waals surface area contributed by atoms with Crippen LogP contribution < -0.4 is 0 Å². The molecular weight excluding hydrogens is 894 g/mol. The van der Waals surface area contributed by atoms with Crippen molar-refractivity contribution in [3.05, 3.63) is 60.7 Å². The summed E-state index contributed by atoms with van der Waals surface area (Å²) in [5.74, 6) is 0. The first-order valence-corrected chi connectivity index (χ1v) is 25.2. The standard InChI is InChI=1S/2C5H11NS2.C5H5.C5H.2Hg.Mo/c2*1-3-6(4-2)5(7)8;2*1-2-4-5-3-1;;;/h2*3-4H2,1-2H3,(H,7,8);1-5H;1H;;;/q;;-1;-5;2*+1;/p-2. The van der Waals surface area contributed by atoms with E-state index in [0.717, 1.165) is 84.0 Å². The van der Waals surface area contributed by atoms with Crippen LogP contribution in [0.1, 0.15) is 27.7 Å². The summed E-state index contributed by atoms with van der Waals surface area (Å²) in [6.45, 7) is 12.8. The zero-order valence-electron chi connectivity index (χ0n) is 17.6. The maximum atomic E-state index is 5.11. The molecule has 0 saturated heterocycles. The summed E-state index contributed by atoms with van der Waals surface area (Å²) in [4.78, 5) is 4.43. The van der Waals surface area contributed by atoms with Crippen molar-refractivity contribution in [2.75, 3.05) is 26.2 Å². The maximum absolute atomic E-state index is 5.11. The van der Waals surface area contributed by atoms with Crippen LogP contribution >= 0.6 is 40.9 Å². The van der Waals surface area contributed by atoms with Gasteiger partial charge in [-0.05, 0) is 0 Å². The molecule has 156 valence electrons. The fourth-order valence-electron chi connectivity index (χ4n) is 1.65. The molecule has 0 aromatic heterocycles. The second-order valence-corrected chi connectivity index (χ2v) is 14.2. The van der Waals surface area contributed by atoms with Crippen molar-refractivity contribution in [1.82, 2.24) is 9.80 Å². The van der Waals surface area contributed by atoms with Gasteiger partial charge in [0.15, 0.2) is 0 Å². The van der Waals surface area contributed by atoms with Crippen LogP contribution in [0.3, 0.4) is 0 Å². The van der Waals surface area contributed by atoms with Gasteiger partial charge in [-0.1, -0.05) is 0 Å². The fourth-order valence-corrected chi connectivity index (χ4v) is 7.30. The summed E-state index contributed by atoms with van der Waals surface area (Å²) in [5, 5.41) is 0. The molecule has 2 aromatic carbocycles. The number of rotatable bonds is 4. The topological polar surface area (TPSA) is 6.48 Å². The first-order valence-electron chi connectivity index (χ1n) is 8.93. The molecule has 0 radical (unpaired) electrons. The molecule has 0 N–H and O–H groups in total. The Kier molecular flexibility index (Phi) is 33.8. The third-order valence-corrected chi connectivity index (χ3v) is 16.7. The first-order chi connectivity index (χ1) is 13.5. The molecule has 0 aliphatic rings. The first kappa shape index (κ1) is 35.3. The van der Waals surface area contributed by atoms with Crippen LogP contribution in [-0.2, 0) is 70.3 Å². The molecule has 2 aromatic rings. The van der Waals surface area contributed by atoms with E-state index in [0.29, 0.717) is 0 Å². The van der Waals surface area contributed by atoms with Crippen LogP contribution in [-0.4, -0.2) is 44.6 Å². The summed E-state index contributed by atoms with van der Waals surface area (Å²) >= 11 is 11.7. The van der Waals surface area contributed by atoms with E-state index in [4.69, 9.17) is 24.4 Å². The predicted octanol–water partition coefficient (Wildman–Crippen LogP) is 5.63. The van der Waals surface area contributed by atoms with Gasteiger partial charge in [0, 0.05) is 21.1 Å². The Morgan fingerprint density at radius 2 is 1.17 bits per heavy atom. The number of hydrogen-bond acceptors (Lipinski definition) is 4. The van der Waals surface area contributed by atoms with E-state index in [2.05, 4.69) is 61.8 Å². The van der Waals surface area contributed by atoms with E-state index in [9.17, 15) is 0 Å². The molecule has 0 aliphatic carbocycles. The molecule has 0 bridgehead atoms. The van der Waals surface area contributed by atoms with Crippen molar-refractivity contribution in [2.24, 2.45) is 0 Å². The molecule has 0 spiro atoms. The van der Waals surface area contributed by atoms with Gasteiger partial charge in [0.05, 0.1) is 0 Å². The summed E-state index contributed by atoms with van der Waals surface area (Å²) in [5.41, 5.74) is 0. The molecule has 0 atom stereocenters. The minimum absolute atomic E-state index is 0. The Morgan fingerprint density at radius 3 is 1.28 bits per heavy atom. The largest absolute Gasteiger partial charge is 0.999 e. The summed E-state index contributed by atoms with van der Waals surface area (Å²) in [6.07, 6.45) is 0. The van der Waals surface area contributed by atoms with Gasteiger partial charge >= 0.3 is 162 Å². The zero-order chi connectivity index (χ0) is 21.6. The van der Waals surface area contributed by atoms with Gasteiger partial charge in [0.25, 0.3) is 0 Å². The summed E-state index contributed by atoms with van der Waals surface area (Å²) in [6, 6.07) is 22.0. The zero-order valence-corrected chi connectivity index (χ0v) is 33.9. The smallest absolute Gasteiger partial charge is 0 e. The van der Waals surface area contributed by atoms with Crippen molar-refractivity contribution >= 4 is 49.6 Å². The van der Waals surface area contributed by atoms with Crippen molar-refractivity contribution in [2.45, 2.75) is 27.7 Å². The van der Waals surface area contributed by atoms with Crippen LogP contribution in [0, 0.1) is 24.3 Å². The van der Waals surface area contributed by atoms with E-state index in [-0.39, 0.29) is 21.1 Å². The van der Waals surface area contributed by atoms with E-state index in [1.807, 2.05) is 46.8 Å². The summed E-state index contributed by atoms with van der Waals surface area (Å²) < 4.78 is 2.17. The molecule has 9 heteroatoms. The minimum atomic E-state index is 0. The summed E-state index contributed by atoms with van der Waals surface area (Å²) in [7, 11) is 3.67. The van der Waals surface area contributed by atoms with Crippen LogP contribution in [0.4, 0.5) is 0 Å². The molecule has 0 fully saturated rings. The maximum Gasteiger partial charge on any atom is 0 e. The number of nitrogens with zero attached hydrogens (tertiary/aromatic N) is 2. The Labute approximate surface area is 240 Å². The molecule has 0 saturated carbocycles.